The van der Waals surface area contributed by atoms with Gasteiger partial charge in [-0.25, -0.2) is 9.36 Å². The molecule has 0 radical (unpaired) electrons. The summed E-state index contributed by atoms with van der Waals surface area (Å²) in [5, 5.41) is 14.1. The zero-order chi connectivity index (χ0) is 22.9. The molecule has 2 aromatic carbocycles. The number of carbonyl (C=O) groups is 1. The quantitative estimate of drug-likeness (QED) is 0.525. The van der Waals surface area contributed by atoms with Gasteiger partial charge in [0.05, 0.1) is 35.0 Å². The van der Waals surface area contributed by atoms with Gasteiger partial charge in [0.2, 0.25) is 5.43 Å². The monoisotopic (exact) mass is 440 g/mol. The van der Waals surface area contributed by atoms with E-state index in [-0.39, 0.29) is 11.4 Å². The third kappa shape index (κ3) is 4.00. The third-order valence-electron chi connectivity index (χ3n) is 4.58. The van der Waals surface area contributed by atoms with Crippen molar-refractivity contribution in [2.45, 2.75) is 13.1 Å². The Morgan fingerprint density at radius 1 is 1.03 bits per heavy atom. The van der Waals surface area contributed by atoms with Crippen molar-refractivity contribution in [3.05, 3.63) is 94.2 Å². The Bertz CT molecular complexity index is 1350. The Labute approximate surface area is 178 Å². The molecule has 0 spiro atoms. The molecule has 0 unspecified atom stereocenters. The maximum absolute atomic E-state index is 13.5. The second-order valence-electron chi connectivity index (χ2n) is 6.74. The van der Waals surface area contributed by atoms with Crippen molar-refractivity contribution in [3.63, 3.8) is 0 Å². The van der Waals surface area contributed by atoms with Crippen LogP contribution in [0.4, 0.5) is 18.9 Å². The molecule has 162 valence electrons. The van der Waals surface area contributed by atoms with E-state index in [0.29, 0.717) is 11.4 Å². The van der Waals surface area contributed by atoms with Gasteiger partial charge in [0.15, 0.2) is 5.69 Å². The van der Waals surface area contributed by atoms with Crippen molar-refractivity contribution < 1.29 is 18.0 Å². The van der Waals surface area contributed by atoms with E-state index in [9.17, 15) is 22.8 Å². The summed E-state index contributed by atoms with van der Waals surface area (Å²) in [6, 6.07) is 12.5. The molecular formula is C21H15F3N6O2. The van der Waals surface area contributed by atoms with E-state index in [1.54, 1.807) is 30.5 Å². The summed E-state index contributed by atoms with van der Waals surface area (Å²) in [6.45, 7) is 1.43. The minimum Gasteiger partial charge on any atom is -0.319 e. The number of hydrogen-bond donors (Lipinski definition) is 1. The smallest absolute Gasteiger partial charge is 0.319 e. The zero-order valence-electron chi connectivity index (χ0n) is 16.5. The van der Waals surface area contributed by atoms with Crippen LogP contribution in [0, 0.1) is 6.92 Å². The molecule has 1 amide bonds. The van der Waals surface area contributed by atoms with Gasteiger partial charge in [-0.05, 0) is 31.2 Å². The Hall–Kier alpha value is -4.28. The SMILES string of the molecule is Cc1cc(=O)c(C(=O)Nc2ccccc2-n2ccnn2)nn1-c1ccccc1C(F)(F)F. The lowest BCUT2D eigenvalue weighted by Crippen LogP contribution is -2.28. The van der Waals surface area contributed by atoms with Gasteiger partial charge in [-0.15, -0.1) is 5.10 Å². The lowest BCUT2D eigenvalue weighted by molar-refractivity contribution is -0.137. The number of halogens is 3. The van der Waals surface area contributed by atoms with Gasteiger partial charge in [0.25, 0.3) is 5.91 Å². The number of para-hydroxylation sites is 3. The van der Waals surface area contributed by atoms with Gasteiger partial charge in [0, 0.05) is 11.8 Å². The summed E-state index contributed by atoms with van der Waals surface area (Å²) >= 11 is 0. The molecule has 32 heavy (non-hydrogen) atoms. The molecule has 11 heteroatoms. The number of amides is 1. The average Bonchev–Trinajstić information content (AvgIpc) is 3.28. The van der Waals surface area contributed by atoms with E-state index < -0.39 is 28.8 Å². The van der Waals surface area contributed by atoms with Crippen molar-refractivity contribution in [2.75, 3.05) is 5.32 Å². The van der Waals surface area contributed by atoms with Crippen LogP contribution < -0.4 is 10.7 Å². The molecule has 4 rings (SSSR count). The fraction of sp³-hybridized carbons (Fsp3) is 0.0952. The summed E-state index contributed by atoms with van der Waals surface area (Å²) < 4.78 is 42.8. The minimum atomic E-state index is -4.65. The Morgan fingerprint density at radius 3 is 2.41 bits per heavy atom. The van der Waals surface area contributed by atoms with Crippen LogP contribution in [0.5, 0.6) is 0 Å². The summed E-state index contributed by atoms with van der Waals surface area (Å²) in [4.78, 5) is 25.3. The maximum Gasteiger partial charge on any atom is 0.418 e. The first-order chi connectivity index (χ1) is 15.3. The molecule has 1 N–H and O–H groups in total. The van der Waals surface area contributed by atoms with Gasteiger partial charge >= 0.3 is 6.18 Å². The summed E-state index contributed by atoms with van der Waals surface area (Å²) in [7, 11) is 0. The van der Waals surface area contributed by atoms with E-state index in [4.69, 9.17) is 0 Å². The van der Waals surface area contributed by atoms with Crippen LogP contribution >= 0.6 is 0 Å². The van der Waals surface area contributed by atoms with Crippen molar-refractivity contribution in [3.8, 4) is 11.4 Å². The van der Waals surface area contributed by atoms with Gasteiger partial charge in [0.1, 0.15) is 0 Å². The predicted molar refractivity (Wildman–Crippen MR) is 109 cm³/mol. The summed E-state index contributed by atoms with van der Waals surface area (Å²) in [5.41, 5.74) is -1.58. The molecule has 0 aliphatic carbocycles. The molecule has 8 nitrogen and oxygen atoms in total. The second-order valence-corrected chi connectivity index (χ2v) is 6.74. The molecule has 2 aromatic heterocycles. The topological polar surface area (TPSA) is 94.7 Å². The number of nitrogens with one attached hydrogen (secondary N) is 1. The second kappa shape index (κ2) is 8.10. The number of rotatable bonds is 4. The first-order valence-electron chi connectivity index (χ1n) is 9.30. The zero-order valence-corrected chi connectivity index (χ0v) is 16.5. The Morgan fingerprint density at radius 2 is 1.72 bits per heavy atom. The highest BCUT2D eigenvalue weighted by Gasteiger charge is 2.34. The van der Waals surface area contributed by atoms with Crippen LogP contribution in [0.15, 0.2) is 71.8 Å². The van der Waals surface area contributed by atoms with E-state index in [1.165, 1.54) is 36.0 Å². The number of aromatic nitrogens is 5. The van der Waals surface area contributed by atoms with Crippen LogP contribution in [0.2, 0.25) is 0 Å². The van der Waals surface area contributed by atoms with Crippen molar-refractivity contribution >= 4 is 11.6 Å². The van der Waals surface area contributed by atoms with Crippen LogP contribution in [-0.2, 0) is 6.18 Å². The largest absolute Gasteiger partial charge is 0.418 e. The highest BCUT2D eigenvalue weighted by molar-refractivity contribution is 6.03. The number of aryl methyl sites for hydroxylation is 1. The normalized spacial score (nSPS) is 11.4. The first kappa shape index (κ1) is 21.0. The highest BCUT2D eigenvalue weighted by atomic mass is 19.4. The predicted octanol–water partition coefficient (Wildman–Crippen LogP) is 3.39. The molecule has 0 aliphatic rings. The Balaban J connectivity index is 1.76. The van der Waals surface area contributed by atoms with Crippen molar-refractivity contribution in [2.24, 2.45) is 0 Å². The van der Waals surface area contributed by atoms with E-state index in [0.717, 1.165) is 16.8 Å². The number of nitrogens with zero attached hydrogens (tertiary/aromatic N) is 5. The minimum absolute atomic E-state index is 0.145. The third-order valence-corrected chi connectivity index (χ3v) is 4.58. The van der Waals surface area contributed by atoms with Gasteiger partial charge < -0.3 is 5.32 Å². The molecule has 0 saturated carbocycles. The first-order valence-corrected chi connectivity index (χ1v) is 9.30. The summed E-state index contributed by atoms with van der Waals surface area (Å²) in [6.07, 6.45) is -1.62. The van der Waals surface area contributed by atoms with Crippen molar-refractivity contribution in [1.82, 2.24) is 24.8 Å². The van der Waals surface area contributed by atoms with Crippen LogP contribution in [-0.4, -0.2) is 30.7 Å². The fourth-order valence-corrected chi connectivity index (χ4v) is 3.14. The standard InChI is InChI=1S/C21H15F3N6O2/c1-13-12-18(31)19(27-30(13)16-8-4-2-6-14(16)21(22,23)24)20(32)26-15-7-3-5-9-17(15)29-11-10-25-28-29/h2-12H,1H3,(H,26,32). The molecule has 0 fully saturated rings. The molecular weight excluding hydrogens is 425 g/mol. The van der Waals surface area contributed by atoms with Crippen molar-refractivity contribution in [1.29, 1.82) is 0 Å². The molecule has 0 bridgehead atoms. The van der Waals surface area contributed by atoms with Crippen LogP contribution in [0.3, 0.4) is 0 Å². The molecule has 0 aliphatic heterocycles. The number of carbonyl (C=O) groups excluding carboxylic acids is 1. The number of alkyl halides is 3. The Kier molecular flexibility index (Phi) is 5.31. The molecule has 2 heterocycles. The van der Waals surface area contributed by atoms with E-state index in [2.05, 4.69) is 20.7 Å². The van der Waals surface area contributed by atoms with Gasteiger partial charge in [-0.2, -0.15) is 18.3 Å². The molecule has 0 saturated heterocycles. The van der Waals surface area contributed by atoms with Crippen LogP contribution in [0.1, 0.15) is 21.7 Å². The van der Waals surface area contributed by atoms with Crippen LogP contribution in [0.25, 0.3) is 11.4 Å². The number of benzene rings is 2. The average molecular weight is 440 g/mol. The molecule has 0 atom stereocenters. The molecule has 4 aromatic rings. The number of hydrogen-bond acceptors (Lipinski definition) is 5. The fourth-order valence-electron chi connectivity index (χ4n) is 3.14. The summed E-state index contributed by atoms with van der Waals surface area (Å²) in [5.74, 6) is -0.874. The lowest BCUT2D eigenvalue weighted by Gasteiger charge is -2.17. The lowest BCUT2D eigenvalue weighted by atomic mass is 10.1. The van der Waals surface area contributed by atoms with E-state index >= 15 is 0 Å². The maximum atomic E-state index is 13.5. The number of anilines is 1. The van der Waals surface area contributed by atoms with E-state index in [1.807, 2.05) is 0 Å². The van der Waals surface area contributed by atoms with Gasteiger partial charge in [-0.1, -0.05) is 29.5 Å². The van der Waals surface area contributed by atoms with Gasteiger partial charge in [-0.3, -0.25) is 9.59 Å². The highest BCUT2D eigenvalue weighted by Crippen LogP contribution is 2.33.